The van der Waals surface area contributed by atoms with Crippen molar-refractivity contribution in [3.05, 3.63) is 11.1 Å². The van der Waals surface area contributed by atoms with Crippen molar-refractivity contribution in [2.24, 2.45) is 5.41 Å². The normalized spacial score (nSPS) is 26.2. The van der Waals surface area contributed by atoms with E-state index in [1.807, 2.05) is 18.7 Å². The van der Waals surface area contributed by atoms with Gasteiger partial charge in [-0.1, -0.05) is 36.4 Å². The second-order valence-electron chi connectivity index (χ2n) is 4.82. The number of carbonyl (C=O) groups is 1. The fraction of sp³-hybridized carbons (Fsp3) is 0.727. The summed E-state index contributed by atoms with van der Waals surface area (Å²) in [5, 5.41) is 9.27. The van der Waals surface area contributed by atoms with Crippen LogP contribution in [0.3, 0.4) is 0 Å². The van der Waals surface area contributed by atoms with E-state index < -0.39 is 12.0 Å². The average molecular weight is 276 g/mol. The van der Waals surface area contributed by atoms with Crippen LogP contribution in [-0.4, -0.2) is 35.1 Å². The first kappa shape index (κ1) is 12.7. The van der Waals surface area contributed by atoms with Gasteiger partial charge in [0.2, 0.25) is 0 Å². The molecule has 0 aromatic carbocycles. The van der Waals surface area contributed by atoms with E-state index in [1.54, 1.807) is 0 Å². The maximum Gasteiger partial charge on any atom is 0.321 e. The Hall–Kier alpha value is -0.350. The Morgan fingerprint density at radius 2 is 2.27 bits per heavy atom. The quantitative estimate of drug-likeness (QED) is 0.860. The molecule has 0 radical (unpaired) electrons. The Balaban J connectivity index is 2.84. The van der Waals surface area contributed by atoms with Gasteiger partial charge in [0.25, 0.3) is 0 Å². The summed E-state index contributed by atoms with van der Waals surface area (Å²) in [5.41, 5.74) is -0.160. The lowest BCUT2D eigenvalue weighted by atomic mass is 9.76. The molecule has 0 spiro atoms. The summed E-state index contributed by atoms with van der Waals surface area (Å²) < 4.78 is 0.839. The number of hydrogen-bond acceptors (Lipinski definition) is 2. The molecular weight excluding hydrogens is 258 g/mol. The van der Waals surface area contributed by atoms with Crippen molar-refractivity contribution in [1.82, 2.24) is 4.90 Å². The van der Waals surface area contributed by atoms with Gasteiger partial charge in [0.1, 0.15) is 6.04 Å². The number of likely N-dealkylation sites (tertiary alicyclic amines) is 1. The van der Waals surface area contributed by atoms with Crippen molar-refractivity contribution in [3.8, 4) is 0 Å². The van der Waals surface area contributed by atoms with Crippen molar-refractivity contribution in [2.75, 3.05) is 13.1 Å². The summed E-state index contributed by atoms with van der Waals surface area (Å²) >= 11 is 3.30. The molecule has 0 bridgehead atoms. The van der Waals surface area contributed by atoms with Crippen LogP contribution in [0.15, 0.2) is 11.1 Å². The van der Waals surface area contributed by atoms with Gasteiger partial charge in [-0.2, -0.15) is 0 Å². The van der Waals surface area contributed by atoms with E-state index in [9.17, 15) is 9.90 Å². The number of hydrogen-bond donors (Lipinski definition) is 1. The minimum atomic E-state index is -0.728. The van der Waals surface area contributed by atoms with Crippen molar-refractivity contribution in [3.63, 3.8) is 0 Å². The van der Waals surface area contributed by atoms with Gasteiger partial charge in [-0.3, -0.25) is 9.69 Å². The van der Waals surface area contributed by atoms with E-state index in [1.165, 1.54) is 0 Å². The summed E-state index contributed by atoms with van der Waals surface area (Å²) in [6, 6.07) is -0.402. The molecule has 86 valence electrons. The smallest absolute Gasteiger partial charge is 0.321 e. The van der Waals surface area contributed by atoms with Gasteiger partial charge >= 0.3 is 5.97 Å². The van der Waals surface area contributed by atoms with Crippen LogP contribution in [0.2, 0.25) is 0 Å². The van der Waals surface area contributed by atoms with Crippen LogP contribution in [0.1, 0.15) is 26.7 Å². The van der Waals surface area contributed by atoms with Gasteiger partial charge in [0.05, 0.1) is 0 Å². The van der Waals surface area contributed by atoms with Crippen LogP contribution in [-0.2, 0) is 4.79 Å². The molecule has 0 saturated carbocycles. The number of carboxylic acids is 1. The zero-order chi connectivity index (χ0) is 11.6. The van der Waals surface area contributed by atoms with Crippen LogP contribution in [0.25, 0.3) is 0 Å². The van der Waals surface area contributed by atoms with E-state index in [0.717, 1.165) is 23.9 Å². The minimum absolute atomic E-state index is 0.160. The highest BCUT2D eigenvalue weighted by Crippen LogP contribution is 2.35. The lowest BCUT2D eigenvalue weighted by molar-refractivity contribution is -0.150. The Kier molecular flexibility index (Phi) is 3.95. The van der Waals surface area contributed by atoms with Crippen molar-refractivity contribution >= 4 is 21.9 Å². The Bertz CT molecular complexity index is 276. The van der Waals surface area contributed by atoms with Crippen LogP contribution >= 0.6 is 15.9 Å². The topological polar surface area (TPSA) is 40.5 Å². The molecule has 0 amide bonds. The summed E-state index contributed by atoms with van der Waals surface area (Å²) in [6.07, 6.45) is 2.02. The predicted octanol–water partition coefficient (Wildman–Crippen LogP) is 2.47. The average Bonchev–Trinajstić information content (AvgIpc) is 1.99. The molecule has 15 heavy (non-hydrogen) atoms. The lowest BCUT2D eigenvalue weighted by Gasteiger charge is -2.43. The maximum absolute atomic E-state index is 11.3. The number of piperidine rings is 1. The van der Waals surface area contributed by atoms with Crippen molar-refractivity contribution in [1.29, 1.82) is 0 Å². The van der Waals surface area contributed by atoms with Crippen LogP contribution in [0, 0.1) is 5.41 Å². The first-order valence-electron chi connectivity index (χ1n) is 5.15. The molecule has 1 aliphatic rings. The molecular formula is C11H18BrNO2. The number of nitrogens with zero attached hydrogens (tertiary/aromatic N) is 1. The standard InChI is InChI=1S/C11H18BrNO2/c1-8(12)7-13-6-4-5-11(2,3)9(13)10(14)15/h9H,1,4-7H2,2-3H3,(H,14,15). The van der Waals surface area contributed by atoms with E-state index >= 15 is 0 Å². The highest BCUT2D eigenvalue weighted by atomic mass is 79.9. The number of rotatable bonds is 3. The molecule has 3 nitrogen and oxygen atoms in total. The van der Waals surface area contributed by atoms with Gasteiger partial charge in [0.15, 0.2) is 0 Å². The molecule has 1 N–H and O–H groups in total. The van der Waals surface area contributed by atoms with Crippen LogP contribution in [0.5, 0.6) is 0 Å². The third-order valence-corrected chi connectivity index (χ3v) is 3.23. The Morgan fingerprint density at radius 3 is 2.73 bits per heavy atom. The highest BCUT2D eigenvalue weighted by Gasteiger charge is 2.42. The highest BCUT2D eigenvalue weighted by molar-refractivity contribution is 9.11. The number of aliphatic carboxylic acids is 1. The van der Waals surface area contributed by atoms with Crippen molar-refractivity contribution in [2.45, 2.75) is 32.7 Å². The summed E-state index contributed by atoms with van der Waals surface area (Å²) in [6.45, 7) is 9.27. The van der Waals surface area contributed by atoms with Crippen LogP contribution in [0.4, 0.5) is 0 Å². The zero-order valence-corrected chi connectivity index (χ0v) is 10.9. The van der Waals surface area contributed by atoms with Gasteiger partial charge in [-0.15, -0.1) is 0 Å². The second kappa shape index (κ2) is 4.66. The Labute approximate surface area is 99.3 Å². The molecule has 1 aliphatic heterocycles. The molecule has 1 saturated heterocycles. The second-order valence-corrected chi connectivity index (χ2v) is 5.94. The van der Waals surface area contributed by atoms with E-state index in [2.05, 4.69) is 22.5 Å². The largest absolute Gasteiger partial charge is 0.480 e. The summed E-state index contributed by atoms with van der Waals surface area (Å²) in [7, 11) is 0. The predicted molar refractivity (Wildman–Crippen MR) is 64.1 cm³/mol. The molecule has 1 atom stereocenters. The molecule has 0 aromatic heterocycles. The van der Waals surface area contributed by atoms with Gasteiger partial charge in [0, 0.05) is 11.0 Å². The molecule has 4 heteroatoms. The first-order valence-corrected chi connectivity index (χ1v) is 5.94. The molecule has 1 fully saturated rings. The van der Waals surface area contributed by atoms with E-state index in [-0.39, 0.29) is 5.41 Å². The molecule has 1 rings (SSSR count). The monoisotopic (exact) mass is 275 g/mol. The van der Waals surface area contributed by atoms with Gasteiger partial charge < -0.3 is 5.11 Å². The van der Waals surface area contributed by atoms with Crippen LogP contribution < -0.4 is 0 Å². The molecule has 1 heterocycles. The first-order chi connectivity index (χ1) is 6.84. The SMILES string of the molecule is C=C(Br)CN1CCCC(C)(C)C1C(=O)O. The number of carboxylic acid groups (broad SMARTS) is 1. The molecule has 0 aromatic rings. The Morgan fingerprint density at radius 1 is 1.67 bits per heavy atom. The third kappa shape index (κ3) is 3.05. The fourth-order valence-corrected chi connectivity index (χ4v) is 2.70. The maximum atomic E-state index is 11.3. The van der Waals surface area contributed by atoms with Crippen molar-refractivity contribution < 1.29 is 9.90 Å². The van der Waals surface area contributed by atoms with E-state index in [0.29, 0.717) is 6.54 Å². The minimum Gasteiger partial charge on any atom is -0.480 e. The molecule has 0 aliphatic carbocycles. The zero-order valence-electron chi connectivity index (χ0n) is 9.29. The lowest BCUT2D eigenvalue weighted by Crippen LogP contribution is -2.54. The molecule has 1 unspecified atom stereocenters. The summed E-state index contributed by atoms with van der Waals surface area (Å²) in [5.74, 6) is -0.728. The van der Waals surface area contributed by atoms with E-state index in [4.69, 9.17) is 0 Å². The summed E-state index contributed by atoms with van der Waals surface area (Å²) in [4.78, 5) is 13.3. The van der Waals surface area contributed by atoms with Gasteiger partial charge in [-0.25, -0.2) is 0 Å². The third-order valence-electron chi connectivity index (χ3n) is 2.98. The van der Waals surface area contributed by atoms with Gasteiger partial charge in [-0.05, 0) is 24.8 Å². The fourth-order valence-electron chi connectivity index (χ4n) is 2.38. The number of halogens is 1.